The maximum Gasteiger partial charge on any atom is 0.186 e. The second-order valence-corrected chi connectivity index (χ2v) is 6.50. The molecule has 0 spiro atoms. The van der Waals surface area contributed by atoms with E-state index >= 15 is 0 Å². The molecule has 1 aliphatic carbocycles. The number of carbonyl (C=O) groups is 1. The molecule has 1 heterocycles. The van der Waals surface area contributed by atoms with E-state index in [-0.39, 0.29) is 5.78 Å². The van der Waals surface area contributed by atoms with Crippen LogP contribution in [-0.2, 0) is 4.74 Å². The van der Waals surface area contributed by atoms with Crippen LogP contribution in [-0.4, -0.2) is 44.0 Å². The van der Waals surface area contributed by atoms with Crippen molar-refractivity contribution in [1.29, 1.82) is 0 Å². The maximum atomic E-state index is 11.9. The van der Waals surface area contributed by atoms with Crippen LogP contribution in [0.15, 0.2) is 12.1 Å². The molecular weight excluding hydrogens is 270 g/mol. The number of ether oxygens (including phenoxy) is 1. The van der Waals surface area contributed by atoms with Crippen LogP contribution in [0.4, 0.5) is 0 Å². The van der Waals surface area contributed by atoms with Crippen LogP contribution in [0.3, 0.4) is 0 Å². The van der Waals surface area contributed by atoms with Crippen molar-refractivity contribution in [2.45, 2.75) is 12.8 Å². The third-order valence-electron chi connectivity index (χ3n) is 2.93. The molecule has 0 bridgehead atoms. The van der Waals surface area contributed by atoms with Crippen molar-refractivity contribution in [2.75, 3.05) is 33.4 Å². The first-order valence-electron chi connectivity index (χ1n) is 6.20. The molecule has 18 heavy (non-hydrogen) atoms. The molecule has 0 saturated heterocycles. The lowest BCUT2D eigenvalue weighted by Gasteiger charge is -2.15. The van der Waals surface area contributed by atoms with Gasteiger partial charge in [0.15, 0.2) is 5.78 Å². The van der Waals surface area contributed by atoms with E-state index in [4.69, 9.17) is 16.3 Å². The molecule has 1 fully saturated rings. The molecule has 0 N–H and O–H groups in total. The van der Waals surface area contributed by atoms with Gasteiger partial charge in [-0.3, -0.25) is 9.69 Å². The summed E-state index contributed by atoms with van der Waals surface area (Å²) >= 11 is 7.15. The van der Waals surface area contributed by atoms with Crippen molar-refractivity contribution in [2.24, 2.45) is 5.92 Å². The van der Waals surface area contributed by atoms with Gasteiger partial charge >= 0.3 is 0 Å². The Bertz CT molecular complexity index is 403. The van der Waals surface area contributed by atoms with E-state index < -0.39 is 0 Å². The Morgan fingerprint density at radius 2 is 2.33 bits per heavy atom. The number of ketones is 1. The van der Waals surface area contributed by atoms with Crippen LogP contribution in [0, 0.1) is 5.92 Å². The fourth-order valence-corrected chi connectivity index (χ4v) is 2.59. The molecular formula is C13H18ClNO2S. The molecule has 1 aliphatic rings. The highest BCUT2D eigenvalue weighted by Crippen LogP contribution is 2.28. The van der Waals surface area contributed by atoms with Crippen LogP contribution >= 0.6 is 22.9 Å². The number of Topliss-reactive ketones (excluding diaryl/α,β-unsaturated/α-hetero) is 1. The van der Waals surface area contributed by atoms with E-state index in [9.17, 15) is 4.79 Å². The monoisotopic (exact) mass is 287 g/mol. The van der Waals surface area contributed by atoms with Crippen molar-refractivity contribution < 1.29 is 9.53 Å². The Morgan fingerprint density at radius 1 is 1.56 bits per heavy atom. The Kier molecular flexibility index (Phi) is 5.18. The summed E-state index contributed by atoms with van der Waals surface area (Å²) < 4.78 is 6.21. The normalized spacial score (nSPS) is 15.3. The predicted octanol–water partition coefficient (Wildman–Crippen LogP) is 2.94. The van der Waals surface area contributed by atoms with Crippen molar-refractivity contribution in [1.82, 2.24) is 4.90 Å². The minimum absolute atomic E-state index is 0.122. The molecule has 3 nitrogen and oxygen atoms in total. The number of rotatable bonds is 8. The third kappa shape index (κ3) is 4.69. The SMILES string of the molecule is CN(CCOCC1CC1)CC(=O)c1ccc(Cl)s1. The number of hydrogen-bond donors (Lipinski definition) is 0. The molecule has 0 radical (unpaired) electrons. The number of hydrogen-bond acceptors (Lipinski definition) is 4. The summed E-state index contributed by atoms with van der Waals surface area (Å²) in [5, 5.41) is 0. The third-order valence-corrected chi connectivity index (χ3v) is 4.20. The highest BCUT2D eigenvalue weighted by molar-refractivity contribution is 7.18. The molecule has 1 saturated carbocycles. The first-order valence-corrected chi connectivity index (χ1v) is 7.39. The summed E-state index contributed by atoms with van der Waals surface area (Å²) in [6, 6.07) is 3.55. The van der Waals surface area contributed by atoms with Crippen LogP contribution in [0.1, 0.15) is 22.5 Å². The van der Waals surface area contributed by atoms with E-state index in [1.54, 1.807) is 12.1 Å². The van der Waals surface area contributed by atoms with E-state index in [0.29, 0.717) is 17.5 Å². The molecule has 0 unspecified atom stereocenters. The van der Waals surface area contributed by atoms with Gasteiger partial charge in [0, 0.05) is 13.2 Å². The highest BCUT2D eigenvalue weighted by Gasteiger charge is 2.21. The molecule has 0 aliphatic heterocycles. The van der Waals surface area contributed by atoms with Gasteiger partial charge < -0.3 is 4.74 Å². The summed E-state index contributed by atoms with van der Waals surface area (Å²) in [4.78, 5) is 14.6. The summed E-state index contributed by atoms with van der Waals surface area (Å²) in [7, 11) is 1.94. The van der Waals surface area contributed by atoms with Gasteiger partial charge in [-0.2, -0.15) is 0 Å². The zero-order valence-corrected chi connectivity index (χ0v) is 12.1. The van der Waals surface area contributed by atoms with E-state index in [1.807, 2.05) is 11.9 Å². The Morgan fingerprint density at radius 3 is 2.94 bits per heavy atom. The van der Waals surface area contributed by atoms with Crippen LogP contribution in [0.2, 0.25) is 4.34 Å². The zero-order valence-electron chi connectivity index (χ0n) is 10.5. The zero-order chi connectivity index (χ0) is 13.0. The lowest BCUT2D eigenvalue weighted by atomic mass is 10.3. The highest BCUT2D eigenvalue weighted by atomic mass is 35.5. The van der Waals surface area contributed by atoms with Gasteiger partial charge in [0.2, 0.25) is 0 Å². The fourth-order valence-electron chi connectivity index (χ4n) is 1.62. The minimum atomic E-state index is 0.122. The molecule has 5 heteroatoms. The van der Waals surface area contributed by atoms with Crippen molar-refractivity contribution in [3.63, 3.8) is 0 Å². The molecule has 0 atom stereocenters. The molecule has 0 aromatic carbocycles. The summed E-state index contributed by atoms with van der Waals surface area (Å²) in [6.45, 7) is 2.79. The topological polar surface area (TPSA) is 29.5 Å². The Hall–Kier alpha value is -0.420. The second-order valence-electron chi connectivity index (χ2n) is 4.78. The van der Waals surface area contributed by atoms with Gasteiger partial charge in [-0.1, -0.05) is 11.6 Å². The van der Waals surface area contributed by atoms with Gasteiger partial charge in [0.05, 0.1) is 22.4 Å². The molecule has 2 rings (SSSR count). The van der Waals surface area contributed by atoms with Crippen molar-refractivity contribution in [3.05, 3.63) is 21.3 Å². The number of thiophene rings is 1. The Balaban J connectivity index is 1.63. The summed E-state index contributed by atoms with van der Waals surface area (Å²) in [6.07, 6.45) is 2.63. The number of carbonyl (C=O) groups excluding carboxylic acids is 1. The summed E-state index contributed by atoms with van der Waals surface area (Å²) in [5.41, 5.74) is 0. The van der Waals surface area contributed by atoms with Gasteiger partial charge in [-0.15, -0.1) is 11.3 Å². The number of nitrogens with zero attached hydrogens (tertiary/aromatic N) is 1. The predicted molar refractivity (Wildman–Crippen MR) is 74.7 cm³/mol. The van der Waals surface area contributed by atoms with E-state index in [0.717, 1.165) is 23.9 Å². The van der Waals surface area contributed by atoms with Crippen LogP contribution in [0.25, 0.3) is 0 Å². The maximum absolute atomic E-state index is 11.9. The first kappa shape index (κ1) is 14.0. The standard InChI is InChI=1S/C13H18ClNO2S/c1-15(6-7-17-9-10-2-3-10)8-11(16)12-4-5-13(14)18-12/h4-5,10H,2-3,6-9H2,1H3. The molecule has 1 aromatic rings. The average Bonchev–Trinajstić information content (AvgIpc) is 3.05. The molecule has 100 valence electrons. The quantitative estimate of drug-likeness (QED) is 0.544. The van der Waals surface area contributed by atoms with Crippen LogP contribution in [0.5, 0.6) is 0 Å². The minimum Gasteiger partial charge on any atom is -0.380 e. The van der Waals surface area contributed by atoms with Crippen molar-refractivity contribution >= 4 is 28.7 Å². The van der Waals surface area contributed by atoms with Gasteiger partial charge in [0.25, 0.3) is 0 Å². The second kappa shape index (κ2) is 6.66. The lowest BCUT2D eigenvalue weighted by molar-refractivity contribution is 0.0864. The summed E-state index contributed by atoms with van der Waals surface area (Å²) in [5.74, 6) is 0.918. The van der Waals surface area contributed by atoms with Crippen LogP contribution < -0.4 is 0 Å². The fraction of sp³-hybridized carbons (Fsp3) is 0.615. The van der Waals surface area contributed by atoms with E-state index in [1.165, 1.54) is 24.2 Å². The molecule has 1 aromatic heterocycles. The molecule has 0 amide bonds. The average molecular weight is 288 g/mol. The van der Waals surface area contributed by atoms with Gasteiger partial charge in [0.1, 0.15) is 0 Å². The van der Waals surface area contributed by atoms with Gasteiger partial charge in [-0.05, 0) is 37.9 Å². The van der Waals surface area contributed by atoms with Crippen molar-refractivity contribution in [3.8, 4) is 0 Å². The van der Waals surface area contributed by atoms with Gasteiger partial charge in [-0.25, -0.2) is 0 Å². The Labute approximate surface area is 117 Å². The first-order chi connectivity index (χ1) is 8.65. The smallest absolute Gasteiger partial charge is 0.186 e. The lowest BCUT2D eigenvalue weighted by Crippen LogP contribution is -2.29. The largest absolute Gasteiger partial charge is 0.380 e. The van der Waals surface area contributed by atoms with E-state index in [2.05, 4.69) is 0 Å². The number of likely N-dealkylation sites (N-methyl/N-ethyl adjacent to an activating group) is 1. The number of halogens is 1.